The van der Waals surface area contributed by atoms with Crippen LogP contribution < -0.4 is 10.1 Å². The number of benzene rings is 1. The second kappa shape index (κ2) is 4.94. The molecule has 0 atom stereocenters. The number of piperidine rings is 1. The van der Waals surface area contributed by atoms with Crippen LogP contribution in [0.25, 0.3) is 10.8 Å². The number of nitrogens with one attached hydrogen (secondary N) is 1. The van der Waals surface area contributed by atoms with E-state index in [9.17, 15) is 0 Å². The molecule has 94 valence electrons. The average Bonchev–Trinajstić information content (AvgIpc) is 2.41. The Morgan fingerprint density at radius 1 is 1.22 bits per heavy atom. The molecule has 1 saturated heterocycles. The van der Waals surface area contributed by atoms with Gasteiger partial charge in [-0.3, -0.25) is 4.98 Å². The monoisotopic (exact) mass is 242 g/mol. The van der Waals surface area contributed by atoms with Crippen LogP contribution in [-0.4, -0.2) is 24.2 Å². The van der Waals surface area contributed by atoms with Crippen LogP contribution in [0.15, 0.2) is 30.6 Å². The molecule has 1 fully saturated rings. The third-order valence-electron chi connectivity index (χ3n) is 3.52. The fourth-order valence-electron chi connectivity index (χ4n) is 2.47. The largest absolute Gasteiger partial charge is 0.490 e. The average molecular weight is 242 g/mol. The van der Waals surface area contributed by atoms with E-state index < -0.39 is 0 Å². The number of fused-ring (bicyclic) bond motifs is 1. The molecule has 1 aromatic heterocycles. The van der Waals surface area contributed by atoms with Gasteiger partial charge in [-0.1, -0.05) is 0 Å². The molecule has 0 bridgehead atoms. The molecular formula is C15H18N2O. The summed E-state index contributed by atoms with van der Waals surface area (Å²) in [5.41, 5.74) is 1.20. The van der Waals surface area contributed by atoms with Crippen LogP contribution in [-0.2, 0) is 0 Å². The number of nitrogens with zero attached hydrogens (tertiary/aromatic N) is 1. The van der Waals surface area contributed by atoms with E-state index in [0.29, 0.717) is 6.10 Å². The molecule has 1 aliphatic rings. The van der Waals surface area contributed by atoms with Gasteiger partial charge in [0.25, 0.3) is 0 Å². The van der Waals surface area contributed by atoms with Crippen molar-refractivity contribution in [2.75, 3.05) is 13.1 Å². The minimum atomic E-state index is 0.353. The van der Waals surface area contributed by atoms with Gasteiger partial charge < -0.3 is 10.1 Å². The second-order valence-corrected chi connectivity index (χ2v) is 4.91. The molecule has 2 heterocycles. The van der Waals surface area contributed by atoms with Crippen molar-refractivity contribution in [3.8, 4) is 5.75 Å². The number of aryl methyl sites for hydroxylation is 1. The number of rotatable bonds is 2. The lowest BCUT2D eigenvalue weighted by Gasteiger charge is -2.24. The van der Waals surface area contributed by atoms with Crippen LogP contribution in [0.2, 0.25) is 0 Å². The first-order chi connectivity index (χ1) is 8.83. The van der Waals surface area contributed by atoms with Gasteiger partial charge in [0, 0.05) is 17.8 Å². The summed E-state index contributed by atoms with van der Waals surface area (Å²) in [6, 6.07) is 6.27. The van der Waals surface area contributed by atoms with Crippen molar-refractivity contribution in [3.05, 3.63) is 36.2 Å². The van der Waals surface area contributed by atoms with E-state index in [1.807, 2.05) is 18.5 Å². The molecule has 0 aliphatic carbocycles. The van der Waals surface area contributed by atoms with Gasteiger partial charge in [0.1, 0.15) is 11.9 Å². The highest BCUT2D eigenvalue weighted by molar-refractivity contribution is 5.85. The quantitative estimate of drug-likeness (QED) is 0.879. The second-order valence-electron chi connectivity index (χ2n) is 4.91. The van der Waals surface area contributed by atoms with E-state index in [-0.39, 0.29) is 0 Å². The first-order valence-electron chi connectivity index (χ1n) is 6.55. The predicted molar refractivity (Wildman–Crippen MR) is 73.0 cm³/mol. The van der Waals surface area contributed by atoms with Gasteiger partial charge >= 0.3 is 0 Å². The molecule has 0 amide bonds. The van der Waals surface area contributed by atoms with Gasteiger partial charge in [0.05, 0.1) is 0 Å². The summed E-state index contributed by atoms with van der Waals surface area (Å²) in [5, 5.41) is 5.76. The van der Waals surface area contributed by atoms with Crippen molar-refractivity contribution in [2.24, 2.45) is 0 Å². The summed E-state index contributed by atoms with van der Waals surface area (Å²) in [4.78, 5) is 4.21. The topological polar surface area (TPSA) is 34.1 Å². The van der Waals surface area contributed by atoms with Gasteiger partial charge in [-0.2, -0.15) is 0 Å². The molecule has 18 heavy (non-hydrogen) atoms. The lowest BCUT2D eigenvalue weighted by Crippen LogP contribution is -2.34. The van der Waals surface area contributed by atoms with Gasteiger partial charge in [-0.25, -0.2) is 0 Å². The molecule has 0 saturated carbocycles. The maximum atomic E-state index is 6.06. The summed E-state index contributed by atoms with van der Waals surface area (Å²) in [5.74, 6) is 0.976. The normalized spacial score (nSPS) is 16.9. The zero-order valence-electron chi connectivity index (χ0n) is 10.6. The molecule has 0 unspecified atom stereocenters. The van der Waals surface area contributed by atoms with Crippen molar-refractivity contribution in [2.45, 2.75) is 25.9 Å². The number of ether oxygens (including phenoxy) is 1. The molecular weight excluding hydrogens is 224 g/mol. The molecule has 2 aromatic rings. The lowest BCUT2D eigenvalue weighted by atomic mass is 10.1. The maximum Gasteiger partial charge on any atom is 0.120 e. The van der Waals surface area contributed by atoms with Crippen LogP contribution in [0.1, 0.15) is 18.4 Å². The molecule has 3 nitrogen and oxygen atoms in total. The number of hydrogen-bond acceptors (Lipinski definition) is 3. The Morgan fingerprint density at radius 3 is 2.89 bits per heavy atom. The van der Waals surface area contributed by atoms with E-state index in [1.54, 1.807) is 0 Å². The van der Waals surface area contributed by atoms with Crippen molar-refractivity contribution >= 4 is 10.8 Å². The molecule has 1 N–H and O–H groups in total. The van der Waals surface area contributed by atoms with Crippen molar-refractivity contribution < 1.29 is 4.74 Å². The molecule has 0 radical (unpaired) electrons. The Hall–Kier alpha value is -1.61. The molecule has 3 heteroatoms. The van der Waals surface area contributed by atoms with Crippen molar-refractivity contribution in [1.29, 1.82) is 0 Å². The van der Waals surface area contributed by atoms with Crippen molar-refractivity contribution in [3.63, 3.8) is 0 Å². The van der Waals surface area contributed by atoms with E-state index >= 15 is 0 Å². The first kappa shape index (κ1) is 11.5. The molecule has 0 spiro atoms. The highest BCUT2D eigenvalue weighted by atomic mass is 16.5. The number of aromatic nitrogens is 1. The Balaban J connectivity index is 1.86. The third kappa shape index (κ3) is 2.31. The van der Waals surface area contributed by atoms with E-state index in [0.717, 1.165) is 31.7 Å². The predicted octanol–water partition coefficient (Wildman–Crippen LogP) is 2.67. The van der Waals surface area contributed by atoms with E-state index in [2.05, 4.69) is 29.4 Å². The Bertz CT molecular complexity index is 547. The fraction of sp³-hybridized carbons (Fsp3) is 0.400. The summed E-state index contributed by atoms with van der Waals surface area (Å²) in [6.45, 7) is 4.20. The maximum absolute atomic E-state index is 6.06. The van der Waals surface area contributed by atoms with Gasteiger partial charge in [0.15, 0.2) is 0 Å². The smallest absolute Gasteiger partial charge is 0.120 e. The summed E-state index contributed by atoms with van der Waals surface area (Å²) in [6.07, 6.45) is 6.33. The zero-order chi connectivity index (χ0) is 12.4. The van der Waals surface area contributed by atoms with Crippen LogP contribution >= 0.6 is 0 Å². The molecule has 1 aromatic carbocycles. The minimum Gasteiger partial charge on any atom is -0.490 e. The third-order valence-corrected chi connectivity index (χ3v) is 3.52. The van der Waals surface area contributed by atoms with Gasteiger partial charge in [0.2, 0.25) is 0 Å². The first-order valence-corrected chi connectivity index (χ1v) is 6.55. The Labute approximate surface area is 107 Å². The number of hydrogen-bond donors (Lipinski definition) is 1. The summed E-state index contributed by atoms with van der Waals surface area (Å²) < 4.78 is 6.06. The molecule has 1 aliphatic heterocycles. The van der Waals surface area contributed by atoms with Crippen LogP contribution in [0, 0.1) is 6.92 Å². The van der Waals surface area contributed by atoms with Crippen LogP contribution in [0.3, 0.4) is 0 Å². The Morgan fingerprint density at radius 2 is 2.06 bits per heavy atom. The van der Waals surface area contributed by atoms with Gasteiger partial charge in [-0.05, 0) is 62.0 Å². The molecule has 3 rings (SSSR count). The standard InChI is InChI=1S/C15H18N2O/c1-11-9-17-10-12-2-3-14(8-15(11)12)18-13-4-6-16-7-5-13/h2-3,8-10,13,16H,4-7H2,1H3. The highest BCUT2D eigenvalue weighted by Crippen LogP contribution is 2.24. The van der Waals surface area contributed by atoms with E-state index in [4.69, 9.17) is 4.74 Å². The SMILES string of the molecule is Cc1cncc2ccc(OC3CCNCC3)cc12. The zero-order valence-corrected chi connectivity index (χ0v) is 10.6. The van der Waals surface area contributed by atoms with Crippen molar-refractivity contribution in [1.82, 2.24) is 10.3 Å². The summed E-state index contributed by atoms with van der Waals surface area (Å²) >= 11 is 0. The summed E-state index contributed by atoms with van der Waals surface area (Å²) in [7, 11) is 0. The Kier molecular flexibility index (Phi) is 3.15. The fourth-order valence-corrected chi connectivity index (χ4v) is 2.47. The highest BCUT2D eigenvalue weighted by Gasteiger charge is 2.14. The number of pyridine rings is 1. The lowest BCUT2D eigenvalue weighted by molar-refractivity contribution is 0.162. The van der Waals surface area contributed by atoms with Crippen LogP contribution in [0.5, 0.6) is 5.75 Å². The minimum absolute atomic E-state index is 0.353. The van der Waals surface area contributed by atoms with Gasteiger partial charge in [-0.15, -0.1) is 0 Å². The van der Waals surface area contributed by atoms with E-state index in [1.165, 1.54) is 16.3 Å². The van der Waals surface area contributed by atoms with Crippen LogP contribution in [0.4, 0.5) is 0 Å².